The first-order valence-corrected chi connectivity index (χ1v) is 7.42. The van der Waals surface area contributed by atoms with Gasteiger partial charge in [0.1, 0.15) is 0 Å². The minimum Gasteiger partial charge on any atom is -0.335 e. The number of amides is 1. The van der Waals surface area contributed by atoms with Crippen LogP contribution in [-0.2, 0) is 0 Å². The van der Waals surface area contributed by atoms with E-state index in [0.29, 0.717) is 21.2 Å². The van der Waals surface area contributed by atoms with Crippen LogP contribution in [0.1, 0.15) is 34.5 Å². The van der Waals surface area contributed by atoms with Crippen molar-refractivity contribution in [2.75, 3.05) is 7.05 Å². The molecule has 0 bridgehead atoms. The number of nitrogens with zero attached hydrogens (tertiary/aromatic N) is 2. The smallest absolute Gasteiger partial charge is 0.254 e. The largest absolute Gasteiger partial charge is 0.335 e. The third kappa shape index (κ3) is 3.41. The van der Waals surface area contributed by atoms with Crippen LogP contribution in [0.4, 0.5) is 0 Å². The molecule has 0 aliphatic rings. The second-order valence-corrected chi connectivity index (χ2v) is 5.79. The highest BCUT2D eigenvalue weighted by atomic mass is 35.5. The second kappa shape index (κ2) is 6.83. The van der Waals surface area contributed by atoms with Gasteiger partial charge < -0.3 is 4.90 Å². The van der Waals surface area contributed by atoms with Gasteiger partial charge in [-0.3, -0.25) is 4.79 Å². The summed E-state index contributed by atoms with van der Waals surface area (Å²) in [4.78, 5) is 14.1. The number of rotatable bonds is 3. The summed E-state index contributed by atoms with van der Waals surface area (Å²) in [6.07, 6.45) is 0. The number of hydrogen-bond donors (Lipinski definition) is 0. The minimum absolute atomic E-state index is 0.136. The van der Waals surface area contributed by atoms with E-state index in [9.17, 15) is 4.79 Å². The molecule has 22 heavy (non-hydrogen) atoms. The van der Waals surface area contributed by atoms with Gasteiger partial charge in [-0.05, 0) is 48.9 Å². The van der Waals surface area contributed by atoms with Crippen LogP contribution in [0.5, 0.6) is 0 Å². The normalized spacial score (nSPS) is 11.6. The molecule has 2 aromatic rings. The minimum atomic E-state index is -0.201. The average Bonchev–Trinajstić information content (AvgIpc) is 2.53. The van der Waals surface area contributed by atoms with Gasteiger partial charge in [0.2, 0.25) is 0 Å². The van der Waals surface area contributed by atoms with Crippen molar-refractivity contribution < 1.29 is 4.79 Å². The quantitative estimate of drug-likeness (QED) is 0.817. The molecular formula is C17H14Cl2N2O. The lowest BCUT2D eigenvalue weighted by atomic mass is 10.1. The highest BCUT2D eigenvalue weighted by Gasteiger charge is 2.20. The van der Waals surface area contributed by atoms with Gasteiger partial charge in [0.05, 0.1) is 17.7 Å². The lowest BCUT2D eigenvalue weighted by Crippen LogP contribution is -2.29. The number of nitriles is 1. The Bertz CT molecular complexity index is 735. The van der Waals surface area contributed by atoms with E-state index >= 15 is 0 Å². The van der Waals surface area contributed by atoms with E-state index in [4.69, 9.17) is 28.5 Å². The lowest BCUT2D eigenvalue weighted by molar-refractivity contribution is 0.0743. The summed E-state index contributed by atoms with van der Waals surface area (Å²) in [5.41, 5.74) is 1.88. The van der Waals surface area contributed by atoms with E-state index in [2.05, 4.69) is 0 Å². The standard InChI is InChI=1S/C17H14Cl2N2O/c1-11(15-8-7-14(18)9-16(15)19)21(2)17(22)13-5-3-12(10-20)4-6-13/h3-9,11H,1-2H3/t11-/m1/s1. The van der Waals surface area contributed by atoms with Crippen molar-refractivity contribution >= 4 is 29.1 Å². The fraction of sp³-hybridized carbons (Fsp3) is 0.176. The van der Waals surface area contributed by atoms with Gasteiger partial charge in [-0.15, -0.1) is 0 Å². The molecule has 0 saturated heterocycles. The fourth-order valence-electron chi connectivity index (χ4n) is 2.12. The molecule has 0 radical (unpaired) electrons. The Morgan fingerprint density at radius 3 is 2.36 bits per heavy atom. The van der Waals surface area contributed by atoms with E-state index in [-0.39, 0.29) is 11.9 Å². The topological polar surface area (TPSA) is 44.1 Å². The highest BCUT2D eigenvalue weighted by molar-refractivity contribution is 6.35. The summed E-state index contributed by atoms with van der Waals surface area (Å²) in [7, 11) is 1.72. The average molecular weight is 333 g/mol. The molecule has 0 N–H and O–H groups in total. The van der Waals surface area contributed by atoms with Gasteiger partial charge in [-0.25, -0.2) is 0 Å². The zero-order valence-corrected chi connectivity index (χ0v) is 13.7. The molecule has 5 heteroatoms. The van der Waals surface area contributed by atoms with E-state index in [1.807, 2.05) is 19.1 Å². The summed E-state index contributed by atoms with van der Waals surface area (Å²) < 4.78 is 0. The van der Waals surface area contributed by atoms with Crippen molar-refractivity contribution in [3.63, 3.8) is 0 Å². The van der Waals surface area contributed by atoms with Crippen LogP contribution in [0.2, 0.25) is 10.0 Å². The first-order chi connectivity index (χ1) is 10.4. The Labute approximate surface area is 139 Å². The maximum absolute atomic E-state index is 12.5. The molecule has 0 spiro atoms. The molecule has 0 aliphatic carbocycles. The Hall–Kier alpha value is -2.02. The maximum atomic E-state index is 12.5. The Balaban J connectivity index is 2.23. The molecule has 1 amide bonds. The number of hydrogen-bond acceptors (Lipinski definition) is 2. The van der Waals surface area contributed by atoms with Gasteiger partial charge >= 0.3 is 0 Å². The van der Waals surface area contributed by atoms with Gasteiger partial charge in [0.25, 0.3) is 5.91 Å². The molecule has 3 nitrogen and oxygen atoms in total. The molecule has 2 aromatic carbocycles. The third-order valence-corrected chi connectivity index (χ3v) is 4.14. The van der Waals surface area contributed by atoms with Crippen molar-refractivity contribution in [1.82, 2.24) is 4.90 Å². The molecule has 0 unspecified atom stereocenters. The summed E-state index contributed by atoms with van der Waals surface area (Å²) in [6.45, 7) is 1.90. The molecule has 0 aromatic heterocycles. The monoisotopic (exact) mass is 332 g/mol. The van der Waals surface area contributed by atoms with Crippen molar-refractivity contribution in [3.05, 3.63) is 69.2 Å². The van der Waals surface area contributed by atoms with Crippen LogP contribution in [-0.4, -0.2) is 17.9 Å². The number of halogens is 2. The van der Waals surface area contributed by atoms with E-state index in [0.717, 1.165) is 5.56 Å². The molecular weight excluding hydrogens is 319 g/mol. The first kappa shape index (κ1) is 16.4. The molecule has 2 rings (SSSR count). The highest BCUT2D eigenvalue weighted by Crippen LogP contribution is 2.29. The Kier molecular flexibility index (Phi) is 5.07. The van der Waals surface area contributed by atoms with Crippen molar-refractivity contribution in [2.24, 2.45) is 0 Å². The maximum Gasteiger partial charge on any atom is 0.254 e. The number of carbonyl (C=O) groups excluding carboxylic acids is 1. The first-order valence-electron chi connectivity index (χ1n) is 6.66. The lowest BCUT2D eigenvalue weighted by Gasteiger charge is -2.26. The Morgan fingerprint density at radius 2 is 1.82 bits per heavy atom. The zero-order valence-electron chi connectivity index (χ0n) is 12.2. The predicted octanol–water partition coefficient (Wildman–Crippen LogP) is 4.70. The third-order valence-electron chi connectivity index (χ3n) is 3.57. The van der Waals surface area contributed by atoms with Crippen LogP contribution < -0.4 is 0 Å². The SMILES string of the molecule is C[C@H](c1ccc(Cl)cc1Cl)N(C)C(=O)c1ccc(C#N)cc1. The van der Waals surface area contributed by atoms with Crippen LogP contribution in [0.15, 0.2) is 42.5 Å². The summed E-state index contributed by atoms with van der Waals surface area (Å²) >= 11 is 12.1. The summed E-state index contributed by atoms with van der Waals surface area (Å²) in [5.74, 6) is -0.136. The number of carbonyl (C=O) groups is 1. The predicted molar refractivity (Wildman–Crippen MR) is 88.1 cm³/mol. The van der Waals surface area contributed by atoms with Gasteiger partial charge in [0.15, 0.2) is 0 Å². The van der Waals surface area contributed by atoms with Crippen LogP contribution >= 0.6 is 23.2 Å². The molecule has 0 heterocycles. The van der Waals surface area contributed by atoms with Gasteiger partial charge in [-0.2, -0.15) is 5.26 Å². The second-order valence-electron chi connectivity index (χ2n) is 4.95. The van der Waals surface area contributed by atoms with Gasteiger partial charge in [-0.1, -0.05) is 29.3 Å². The molecule has 0 aliphatic heterocycles. The fourth-order valence-corrected chi connectivity index (χ4v) is 2.68. The van der Waals surface area contributed by atoms with E-state index < -0.39 is 0 Å². The van der Waals surface area contributed by atoms with Crippen molar-refractivity contribution in [3.8, 4) is 6.07 Å². The Morgan fingerprint density at radius 1 is 1.18 bits per heavy atom. The molecule has 0 saturated carbocycles. The molecule has 112 valence electrons. The van der Waals surface area contributed by atoms with Crippen LogP contribution in [0.3, 0.4) is 0 Å². The van der Waals surface area contributed by atoms with E-state index in [1.54, 1.807) is 48.3 Å². The molecule has 1 atom stereocenters. The molecule has 0 fully saturated rings. The van der Waals surface area contributed by atoms with Crippen molar-refractivity contribution in [1.29, 1.82) is 5.26 Å². The van der Waals surface area contributed by atoms with Gasteiger partial charge in [0, 0.05) is 22.7 Å². The summed E-state index contributed by atoms with van der Waals surface area (Å²) in [6, 6.07) is 13.6. The van der Waals surface area contributed by atoms with Crippen LogP contribution in [0.25, 0.3) is 0 Å². The van der Waals surface area contributed by atoms with Crippen molar-refractivity contribution in [2.45, 2.75) is 13.0 Å². The van der Waals surface area contributed by atoms with E-state index in [1.165, 1.54) is 0 Å². The summed E-state index contributed by atoms with van der Waals surface area (Å²) in [5, 5.41) is 9.88. The zero-order chi connectivity index (χ0) is 16.3. The van der Waals surface area contributed by atoms with Crippen LogP contribution in [0, 0.1) is 11.3 Å². The number of benzene rings is 2.